The minimum atomic E-state index is 0.173. The van der Waals surface area contributed by atoms with Crippen LogP contribution in [0.1, 0.15) is 39.4 Å². The number of rotatable bonds is 5. The van der Waals surface area contributed by atoms with Crippen molar-refractivity contribution in [3.8, 4) is 11.5 Å². The van der Waals surface area contributed by atoms with Gasteiger partial charge in [0.05, 0.1) is 13.2 Å². The van der Waals surface area contributed by atoms with Crippen molar-refractivity contribution in [1.29, 1.82) is 0 Å². The van der Waals surface area contributed by atoms with Crippen LogP contribution in [-0.2, 0) is 13.0 Å². The Morgan fingerprint density at radius 1 is 0.929 bits per heavy atom. The third kappa shape index (κ3) is 3.90. The lowest BCUT2D eigenvalue weighted by atomic mass is 9.88. The van der Waals surface area contributed by atoms with Crippen molar-refractivity contribution in [3.05, 3.63) is 94.0 Å². The van der Waals surface area contributed by atoms with Crippen LogP contribution in [-0.4, -0.2) is 13.7 Å². The van der Waals surface area contributed by atoms with E-state index in [9.17, 15) is 0 Å². The monoisotopic (exact) mass is 373 g/mol. The summed E-state index contributed by atoms with van der Waals surface area (Å²) in [6.45, 7) is 5.79. The first-order valence-electron chi connectivity index (χ1n) is 9.83. The normalized spacial score (nSPS) is 15.8. The number of benzene rings is 3. The predicted molar refractivity (Wildman–Crippen MR) is 113 cm³/mol. The minimum absolute atomic E-state index is 0.173. The van der Waals surface area contributed by atoms with Gasteiger partial charge in [0, 0.05) is 6.54 Å². The first kappa shape index (κ1) is 18.6. The molecular formula is C25H27NO2. The molecule has 28 heavy (non-hydrogen) atoms. The molecular weight excluding hydrogens is 346 g/mol. The number of methoxy groups -OCH3 is 1. The van der Waals surface area contributed by atoms with Crippen molar-refractivity contribution in [3.63, 3.8) is 0 Å². The first-order chi connectivity index (χ1) is 13.6. The van der Waals surface area contributed by atoms with E-state index in [4.69, 9.17) is 9.47 Å². The number of fused-ring (bicyclic) bond motifs is 1. The molecule has 1 aliphatic heterocycles. The molecule has 144 valence electrons. The summed E-state index contributed by atoms with van der Waals surface area (Å²) in [5, 5.41) is 3.69. The Morgan fingerprint density at radius 3 is 2.39 bits per heavy atom. The smallest absolute Gasteiger partial charge is 0.162 e. The Hall–Kier alpha value is -2.78. The average molecular weight is 373 g/mol. The lowest BCUT2D eigenvalue weighted by Gasteiger charge is -2.29. The molecule has 3 heteroatoms. The zero-order valence-corrected chi connectivity index (χ0v) is 16.8. The van der Waals surface area contributed by atoms with Gasteiger partial charge in [0.1, 0.15) is 6.61 Å². The maximum atomic E-state index is 6.16. The zero-order valence-electron chi connectivity index (χ0n) is 16.8. The Balaban J connectivity index is 1.69. The highest BCUT2D eigenvalue weighted by Gasteiger charge is 2.24. The highest BCUT2D eigenvalue weighted by atomic mass is 16.5. The fourth-order valence-corrected chi connectivity index (χ4v) is 4.05. The molecule has 0 saturated carbocycles. The van der Waals surface area contributed by atoms with E-state index in [1.54, 1.807) is 7.11 Å². The molecule has 0 aromatic heterocycles. The van der Waals surface area contributed by atoms with Crippen LogP contribution in [0.2, 0.25) is 0 Å². The molecule has 1 N–H and O–H groups in total. The third-order valence-corrected chi connectivity index (χ3v) is 5.29. The maximum absolute atomic E-state index is 6.16. The van der Waals surface area contributed by atoms with Crippen LogP contribution in [0.15, 0.2) is 60.7 Å². The standard InChI is InChI=1S/C25H27NO2/c1-17-11-18(2)13-21(12-17)25-22-15-24(28-16-19-7-5-4-6-8-19)23(27-3)14-20(22)9-10-26-25/h4-8,11-15,25-26H,9-10,16H2,1-3H3. The number of hydrogen-bond donors (Lipinski definition) is 1. The van der Waals surface area contributed by atoms with Gasteiger partial charge in [0.15, 0.2) is 11.5 Å². The molecule has 4 rings (SSSR count). The van der Waals surface area contributed by atoms with Crippen molar-refractivity contribution in [2.75, 3.05) is 13.7 Å². The van der Waals surface area contributed by atoms with Crippen LogP contribution >= 0.6 is 0 Å². The fraction of sp³-hybridized carbons (Fsp3) is 0.280. The van der Waals surface area contributed by atoms with Crippen LogP contribution in [0.5, 0.6) is 11.5 Å². The van der Waals surface area contributed by atoms with E-state index in [1.165, 1.54) is 27.8 Å². The molecule has 1 atom stereocenters. The molecule has 1 unspecified atom stereocenters. The summed E-state index contributed by atoms with van der Waals surface area (Å²) < 4.78 is 11.8. The Labute approximate surface area is 167 Å². The Kier molecular flexibility index (Phi) is 5.36. The average Bonchev–Trinajstić information content (AvgIpc) is 2.71. The highest BCUT2D eigenvalue weighted by Crippen LogP contribution is 2.38. The molecule has 3 nitrogen and oxygen atoms in total. The maximum Gasteiger partial charge on any atom is 0.162 e. The summed E-state index contributed by atoms with van der Waals surface area (Å²) in [6.07, 6.45) is 0.992. The Morgan fingerprint density at radius 2 is 1.68 bits per heavy atom. The van der Waals surface area contributed by atoms with E-state index >= 15 is 0 Å². The van der Waals surface area contributed by atoms with Gasteiger partial charge >= 0.3 is 0 Å². The number of hydrogen-bond acceptors (Lipinski definition) is 3. The van der Waals surface area contributed by atoms with Crippen molar-refractivity contribution in [1.82, 2.24) is 5.32 Å². The molecule has 0 fully saturated rings. The van der Waals surface area contributed by atoms with Gasteiger partial charge in [-0.1, -0.05) is 59.7 Å². The second-order valence-corrected chi connectivity index (χ2v) is 7.53. The van der Waals surface area contributed by atoms with E-state index in [1.807, 2.05) is 18.2 Å². The summed E-state index contributed by atoms with van der Waals surface area (Å²) in [6, 6.07) is 21.5. The fourth-order valence-electron chi connectivity index (χ4n) is 4.05. The third-order valence-electron chi connectivity index (χ3n) is 5.29. The van der Waals surface area contributed by atoms with Crippen LogP contribution in [0.25, 0.3) is 0 Å². The van der Waals surface area contributed by atoms with Gasteiger partial charge < -0.3 is 14.8 Å². The zero-order chi connectivity index (χ0) is 19.5. The molecule has 0 radical (unpaired) electrons. The van der Waals surface area contributed by atoms with Gasteiger partial charge in [-0.3, -0.25) is 0 Å². The van der Waals surface area contributed by atoms with Crippen molar-refractivity contribution < 1.29 is 9.47 Å². The van der Waals surface area contributed by atoms with Crippen LogP contribution in [0, 0.1) is 13.8 Å². The van der Waals surface area contributed by atoms with Crippen LogP contribution in [0.3, 0.4) is 0 Å². The van der Waals surface area contributed by atoms with Crippen LogP contribution in [0.4, 0.5) is 0 Å². The molecule has 0 aliphatic carbocycles. The summed E-state index contributed by atoms with van der Waals surface area (Å²) >= 11 is 0. The van der Waals surface area contributed by atoms with Gasteiger partial charge in [-0.2, -0.15) is 0 Å². The predicted octanol–water partition coefficient (Wildman–Crippen LogP) is 5.13. The van der Waals surface area contributed by atoms with Gasteiger partial charge in [-0.25, -0.2) is 0 Å². The van der Waals surface area contributed by atoms with E-state index in [-0.39, 0.29) is 6.04 Å². The topological polar surface area (TPSA) is 30.5 Å². The van der Waals surface area contributed by atoms with Gasteiger partial charge in [-0.05, 0) is 54.7 Å². The lowest BCUT2D eigenvalue weighted by molar-refractivity contribution is 0.283. The summed E-state index contributed by atoms with van der Waals surface area (Å²) in [4.78, 5) is 0. The summed E-state index contributed by atoms with van der Waals surface area (Å²) in [5.41, 5.74) is 7.63. The molecule has 0 saturated heterocycles. The highest BCUT2D eigenvalue weighted by molar-refractivity contribution is 5.52. The molecule has 0 spiro atoms. The largest absolute Gasteiger partial charge is 0.493 e. The molecule has 1 aliphatic rings. The Bertz CT molecular complexity index is 946. The molecule has 0 bridgehead atoms. The van der Waals surface area contributed by atoms with Crippen molar-refractivity contribution >= 4 is 0 Å². The van der Waals surface area contributed by atoms with E-state index in [0.29, 0.717) is 6.61 Å². The van der Waals surface area contributed by atoms with Crippen molar-refractivity contribution in [2.24, 2.45) is 0 Å². The molecule has 3 aromatic carbocycles. The van der Waals surface area contributed by atoms with E-state index < -0.39 is 0 Å². The van der Waals surface area contributed by atoms with Crippen molar-refractivity contribution in [2.45, 2.75) is 32.9 Å². The van der Waals surface area contributed by atoms with Gasteiger partial charge in [-0.15, -0.1) is 0 Å². The second kappa shape index (κ2) is 8.07. The van der Waals surface area contributed by atoms with E-state index in [0.717, 1.165) is 30.0 Å². The lowest BCUT2D eigenvalue weighted by Crippen LogP contribution is -2.30. The number of aryl methyl sites for hydroxylation is 2. The van der Waals surface area contributed by atoms with Crippen LogP contribution < -0.4 is 14.8 Å². The first-order valence-corrected chi connectivity index (χ1v) is 9.83. The molecule has 0 amide bonds. The molecule has 1 heterocycles. The van der Waals surface area contributed by atoms with E-state index in [2.05, 4.69) is 61.6 Å². The second-order valence-electron chi connectivity index (χ2n) is 7.53. The summed E-state index contributed by atoms with van der Waals surface area (Å²) in [7, 11) is 1.71. The summed E-state index contributed by atoms with van der Waals surface area (Å²) in [5.74, 6) is 1.60. The SMILES string of the molecule is COc1cc2c(cc1OCc1ccccc1)C(c1cc(C)cc(C)c1)NCC2. The number of nitrogens with one attached hydrogen (secondary N) is 1. The quantitative estimate of drug-likeness (QED) is 0.673. The van der Waals surface area contributed by atoms with Gasteiger partial charge in [0.2, 0.25) is 0 Å². The van der Waals surface area contributed by atoms with Gasteiger partial charge in [0.25, 0.3) is 0 Å². The number of ether oxygens (including phenoxy) is 2. The minimum Gasteiger partial charge on any atom is -0.493 e. The molecule has 3 aromatic rings.